The Hall–Kier alpha value is -2.37. The highest BCUT2D eigenvalue weighted by Gasteiger charge is 2.12. The SMILES string of the molecule is O=Cc1[nH]nc2ccc3[nH]c(=O)oc3c12. The van der Waals surface area contributed by atoms with Crippen molar-refractivity contribution in [2.45, 2.75) is 0 Å². The third kappa shape index (κ3) is 0.954. The van der Waals surface area contributed by atoms with Gasteiger partial charge in [0, 0.05) is 0 Å². The van der Waals surface area contributed by atoms with E-state index in [1.54, 1.807) is 12.1 Å². The van der Waals surface area contributed by atoms with Gasteiger partial charge in [-0.3, -0.25) is 14.9 Å². The maximum atomic E-state index is 11.0. The van der Waals surface area contributed by atoms with Crippen molar-refractivity contribution in [1.82, 2.24) is 15.2 Å². The highest BCUT2D eigenvalue weighted by molar-refractivity contribution is 6.08. The molecule has 0 spiro atoms. The van der Waals surface area contributed by atoms with E-state index in [0.29, 0.717) is 34.0 Å². The fourth-order valence-electron chi connectivity index (χ4n) is 1.62. The van der Waals surface area contributed by atoms with Crippen LogP contribution in [0.15, 0.2) is 21.3 Å². The highest BCUT2D eigenvalue weighted by atomic mass is 16.4. The number of nitrogens with zero attached hydrogens (tertiary/aromatic N) is 1. The Morgan fingerprint density at radius 3 is 3.07 bits per heavy atom. The number of hydrogen-bond donors (Lipinski definition) is 2. The van der Waals surface area contributed by atoms with Gasteiger partial charge in [-0.15, -0.1) is 0 Å². The van der Waals surface area contributed by atoms with Crippen LogP contribution in [-0.4, -0.2) is 21.5 Å². The van der Waals surface area contributed by atoms with Gasteiger partial charge in [-0.2, -0.15) is 5.10 Å². The molecule has 0 radical (unpaired) electrons. The number of carbonyl (C=O) groups is 1. The molecule has 15 heavy (non-hydrogen) atoms. The number of nitrogens with one attached hydrogen (secondary N) is 2. The summed E-state index contributed by atoms with van der Waals surface area (Å²) in [6.07, 6.45) is 0.641. The van der Waals surface area contributed by atoms with Crippen molar-refractivity contribution in [2.24, 2.45) is 0 Å². The minimum atomic E-state index is -0.546. The Labute approximate surface area is 81.9 Å². The van der Waals surface area contributed by atoms with Crippen molar-refractivity contribution in [3.05, 3.63) is 28.4 Å². The zero-order valence-corrected chi connectivity index (χ0v) is 7.40. The van der Waals surface area contributed by atoms with E-state index in [2.05, 4.69) is 15.2 Å². The molecule has 0 aliphatic heterocycles. The number of fused-ring (bicyclic) bond motifs is 3. The van der Waals surface area contributed by atoms with Crippen LogP contribution in [-0.2, 0) is 0 Å². The van der Waals surface area contributed by atoms with Crippen LogP contribution < -0.4 is 5.76 Å². The van der Waals surface area contributed by atoms with E-state index in [-0.39, 0.29) is 0 Å². The molecule has 0 atom stereocenters. The zero-order chi connectivity index (χ0) is 10.4. The second-order valence-electron chi connectivity index (χ2n) is 3.11. The number of aldehydes is 1. The lowest BCUT2D eigenvalue weighted by Gasteiger charge is -1.89. The third-order valence-corrected chi connectivity index (χ3v) is 2.25. The van der Waals surface area contributed by atoms with E-state index in [9.17, 15) is 9.59 Å². The summed E-state index contributed by atoms with van der Waals surface area (Å²) in [6, 6.07) is 3.38. The first-order valence-corrected chi connectivity index (χ1v) is 4.24. The van der Waals surface area contributed by atoms with Crippen molar-refractivity contribution < 1.29 is 9.21 Å². The van der Waals surface area contributed by atoms with E-state index in [1.807, 2.05) is 0 Å². The van der Waals surface area contributed by atoms with Crippen LogP contribution >= 0.6 is 0 Å². The van der Waals surface area contributed by atoms with E-state index in [4.69, 9.17) is 4.42 Å². The van der Waals surface area contributed by atoms with Gasteiger partial charge < -0.3 is 4.42 Å². The van der Waals surface area contributed by atoms with Gasteiger partial charge in [-0.05, 0) is 12.1 Å². The monoisotopic (exact) mass is 203 g/mol. The summed E-state index contributed by atoms with van der Waals surface area (Å²) in [4.78, 5) is 24.3. The standard InChI is InChI=1S/C9H5N3O3/c13-3-6-7-4(11-12-6)1-2-5-8(7)15-9(14)10-5/h1-3H,(H,10,14)(H,11,12). The molecule has 0 fully saturated rings. The minimum Gasteiger partial charge on any atom is -0.407 e. The Kier molecular flexibility index (Phi) is 1.37. The summed E-state index contributed by atoms with van der Waals surface area (Å²) in [6.45, 7) is 0. The number of aromatic nitrogens is 3. The molecule has 2 aromatic heterocycles. The quantitative estimate of drug-likeness (QED) is 0.572. The molecular weight excluding hydrogens is 198 g/mol. The average molecular weight is 203 g/mol. The van der Waals surface area contributed by atoms with Gasteiger partial charge in [0.2, 0.25) is 0 Å². The van der Waals surface area contributed by atoms with Crippen molar-refractivity contribution in [1.29, 1.82) is 0 Å². The first-order valence-electron chi connectivity index (χ1n) is 4.24. The summed E-state index contributed by atoms with van der Waals surface area (Å²) < 4.78 is 4.95. The number of carbonyl (C=O) groups excluding carboxylic acids is 1. The fraction of sp³-hybridized carbons (Fsp3) is 0. The maximum Gasteiger partial charge on any atom is 0.417 e. The first kappa shape index (κ1) is 7.98. The van der Waals surface area contributed by atoms with Crippen LogP contribution in [0, 0.1) is 0 Å². The molecule has 3 aromatic rings. The molecule has 3 rings (SSSR count). The van der Waals surface area contributed by atoms with Crippen LogP contribution in [0.25, 0.3) is 22.0 Å². The van der Waals surface area contributed by atoms with Gasteiger partial charge in [-0.1, -0.05) is 0 Å². The van der Waals surface area contributed by atoms with Crippen LogP contribution in [0.4, 0.5) is 0 Å². The van der Waals surface area contributed by atoms with Crippen LogP contribution in [0.5, 0.6) is 0 Å². The smallest absolute Gasteiger partial charge is 0.407 e. The minimum absolute atomic E-state index is 0.304. The molecule has 0 saturated heterocycles. The summed E-state index contributed by atoms with van der Waals surface area (Å²) in [5, 5.41) is 7.02. The predicted octanol–water partition coefficient (Wildman–Crippen LogP) is 0.810. The lowest BCUT2D eigenvalue weighted by atomic mass is 10.2. The molecule has 2 heterocycles. The molecule has 2 N–H and O–H groups in total. The second kappa shape index (κ2) is 2.57. The van der Waals surface area contributed by atoms with Gasteiger partial charge in [0.05, 0.1) is 16.4 Å². The second-order valence-corrected chi connectivity index (χ2v) is 3.11. The van der Waals surface area contributed by atoms with E-state index >= 15 is 0 Å². The van der Waals surface area contributed by atoms with Crippen molar-refractivity contribution in [3.8, 4) is 0 Å². The number of hydrogen-bond acceptors (Lipinski definition) is 4. The maximum absolute atomic E-state index is 11.0. The summed E-state index contributed by atoms with van der Waals surface area (Å²) in [7, 11) is 0. The summed E-state index contributed by atoms with van der Waals surface area (Å²) >= 11 is 0. The fourth-order valence-corrected chi connectivity index (χ4v) is 1.62. The van der Waals surface area contributed by atoms with Crippen LogP contribution in [0.1, 0.15) is 10.5 Å². The predicted molar refractivity (Wildman–Crippen MR) is 51.9 cm³/mol. The number of rotatable bonds is 1. The Morgan fingerprint density at radius 1 is 1.40 bits per heavy atom. The van der Waals surface area contributed by atoms with Crippen molar-refractivity contribution in [3.63, 3.8) is 0 Å². The van der Waals surface area contributed by atoms with E-state index in [1.165, 1.54) is 0 Å². The van der Waals surface area contributed by atoms with Gasteiger partial charge in [0.1, 0.15) is 5.69 Å². The van der Waals surface area contributed by atoms with E-state index < -0.39 is 5.76 Å². The van der Waals surface area contributed by atoms with Crippen molar-refractivity contribution in [2.75, 3.05) is 0 Å². The van der Waals surface area contributed by atoms with Crippen LogP contribution in [0.3, 0.4) is 0 Å². The van der Waals surface area contributed by atoms with Crippen LogP contribution in [0.2, 0.25) is 0 Å². The van der Waals surface area contributed by atoms with Gasteiger partial charge >= 0.3 is 5.76 Å². The number of aromatic amines is 2. The molecule has 0 aliphatic rings. The number of oxazole rings is 1. The van der Waals surface area contributed by atoms with Gasteiger partial charge in [-0.25, -0.2) is 4.79 Å². The topological polar surface area (TPSA) is 91.8 Å². The van der Waals surface area contributed by atoms with Crippen molar-refractivity contribution >= 4 is 28.3 Å². The largest absolute Gasteiger partial charge is 0.417 e. The van der Waals surface area contributed by atoms with E-state index in [0.717, 1.165) is 0 Å². The highest BCUT2D eigenvalue weighted by Crippen LogP contribution is 2.23. The Bertz CT molecular complexity index is 719. The summed E-state index contributed by atoms with van der Waals surface area (Å²) in [5.74, 6) is -0.546. The molecule has 0 amide bonds. The molecule has 6 nitrogen and oxygen atoms in total. The Balaban J connectivity index is 2.66. The normalized spacial score (nSPS) is 11.2. The number of H-pyrrole nitrogens is 2. The lowest BCUT2D eigenvalue weighted by molar-refractivity contribution is 0.112. The lowest BCUT2D eigenvalue weighted by Crippen LogP contribution is -1.92. The molecule has 0 bridgehead atoms. The molecule has 0 saturated carbocycles. The zero-order valence-electron chi connectivity index (χ0n) is 7.40. The first-order chi connectivity index (χ1) is 7.29. The number of benzene rings is 1. The van der Waals surface area contributed by atoms with Gasteiger partial charge in [0.25, 0.3) is 0 Å². The molecule has 1 aromatic carbocycles. The molecule has 6 heteroatoms. The molecule has 74 valence electrons. The average Bonchev–Trinajstić information content (AvgIpc) is 2.78. The third-order valence-electron chi connectivity index (χ3n) is 2.25. The summed E-state index contributed by atoms with van der Waals surface area (Å²) in [5.41, 5.74) is 1.80. The van der Waals surface area contributed by atoms with Gasteiger partial charge in [0.15, 0.2) is 11.9 Å². The molecular formula is C9H5N3O3. The molecule has 0 aliphatic carbocycles. The Morgan fingerprint density at radius 2 is 2.27 bits per heavy atom. The molecule has 0 unspecified atom stereocenters.